The van der Waals surface area contributed by atoms with Gasteiger partial charge in [0.2, 0.25) is 11.8 Å². The number of carbonyl (C=O) groups is 3. The van der Waals surface area contributed by atoms with Crippen molar-refractivity contribution in [2.45, 2.75) is 39.2 Å². The van der Waals surface area contributed by atoms with E-state index in [2.05, 4.69) is 24.5 Å². The Bertz CT molecular complexity index is 909. The Morgan fingerprint density at radius 2 is 1.58 bits per heavy atom. The fourth-order valence-corrected chi connectivity index (χ4v) is 3.82. The van der Waals surface area contributed by atoms with Crippen LogP contribution in [0.4, 0.5) is 0 Å². The van der Waals surface area contributed by atoms with Gasteiger partial charge in [0.1, 0.15) is 0 Å². The number of likely N-dealkylation sites (tertiary alicyclic amines) is 1. The van der Waals surface area contributed by atoms with Gasteiger partial charge in [-0.05, 0) is 36.1 Å². The Morgan fingerprint density at radius 3 is 2.23 bits per heavy atom. The molecule has 2 aromatic carbocycles. The van der Waals surface area contributed by atoms with Crippen LogP contribution < -0.4 is 10.6 Å². The zero-order chi connectivity index (χ0) is 22.4. The van der Waals surface area contributed by atoms with Gasteiger partial charge in [-0.3, -0.25) is 14.4 Å². The quantitative estimate of drug-likeness (QED) is 0.642. The first-order valence-electron chi connectivity index (χ1n) is 10.9. The summed E-state index contributed by atoms with van der Waals surface area (Å²) < 4.78 is 0. The molecule has 1 heterocycles. The Morgan fingerprint density at radius 1 is 0.935 bits per heavy atom. The van der Waals surface area contributed by atoms with Gasteiger partial charge in [0.15, 0.2) is 0 Å². The van der Waals surface area contributed by atoms with Crippen LogP contribution >= 0.6 is 0 Å². The van der Waals surface area contributed by atoms with Crippen LogP contribution in [0.25, 0.3) is 0 Å². The Labute approximate surface area is 184 Å². The van der Waals surface area contributed by atoms with Crippen LogP contribution in [-0.4, -0.2) is 42.3 Å². The third kappa shape index (κ3) is 5.72. The lowest BCUT2D eigenvalue weighted by atomic mass is 10.0. The lowest BCUT2D eigenvalue weighted by molar-refractivity contribution is -0.130. The molecule has 164 valence electrons. The van der Waals surface area contributed by atoms with Crippen molar-refractivity contribution in [2.75, 3.05) is 19.6 Å². The van der Waals surface area contributed by atoms with E-state index in [0.717, 1.165) is 5.56 Å². The smallest absolute Gasteiger partial charge is 0.251 e. The molecule has 31 heavy (non-hydrogen) atoms. The van der Waals surface area contributed by atoms with E-state index in [1.165, 1.54) is 5.56 Å². The summed E-state index contributed by atoms with van der Waals surface area (Å²) in [6.45, 7) is 7.27. The SMILES string of the molecule is CC(C)c1ccc(C(=O)NCCNC(=O)C2CC(=O)N(C(C)c3ccccc3)C2)cc1. The van der Waals surface area contributed by atoms with E-state index in [1.54, 1.807) is 4.90 Å². The maximum Gasteiger partial charge on any atom is 0.251 e. The molecular formula is C25H31N3O3. The molecule has 3 rings (SSSR count). The minimum Gasteiger partial charge on any atom is -0.354 e. The molecule has 6 nitrogen and oxygen atoms in total. The van der Waals surface area contributed by atoms with Crippen LogP contribution in [0.15, 0.2) is 54.6 Å². The van der Waals surface area contributed by atoms with E-state index < -0.39 is 0 Å². The van der Waals surface area contributed by atoms with E-state index in [9.17, 15) is 14.4 Å². The number of benzene rings is 2. The standard InChI is InChI=1S/C25H31N3O3/c1-17(2)19-9-11-21(12-10-19)24(30)26-13-14-27-25(31)22-15-23(29)28(16-22)18(3)20-7-5-4-6-8-20/h4-12,17-18,22H,13-16H2,1-3H3,(H,26,30)(H,27,31). The number of hydrogen-bond acceptors (Lipinski definition) is 3. The molecule has 1 saturated heterocycles. The summed E-state index contributed by atoms with van der Waals surface area (Å²) in [5.41, 5.74) is 2.84. The molecule has 1 fully saturated rings. The maximum atomic E-state index is 12.5. The molecule has 0 saturated carbocycles. The predicted octanol–water partition coefficient (Wildman–Crippen LogP) is 3.27. The fourth-order valence-electron chi connectivity index (χ4n) is 3.82. The minimum absolute atomic E-state index is 0.00495. The fraction of sp³-hybridized carbons (Fsp3) is 0.400. The Balaban J connectivity index is 1.42. The summed E-state index contributed by atoms with van der Waals surface area (Å²) in [5, 5.41) is 5.66. The van der Waals surface area contributed by atoms with Crippen molar-refractivity contribution in [1.82, 2.24) is 15.5 Å². The van der Waals surface area contributed by atoms with Gasteiger partial charge in [0, 0.05) is 31.6 Å². The van der Waals surface area contributed by atoms with Crippen molar-refractivity contribution < 1.29 is 14.4 Å². The number of amides is 3. The molecule has 0 radical (unpaired) electrons. The molecule has 6 heteroatoms. The second-order valence-corrected chi connectivity index (χ2v) is 8.36. The topological polar surface area (TPSA) is 78.5 Å². The van der Waals surface area contributed by atoms with Gasteiger partial charge >= 0.3 is 0 Å². The first kappa shape index (κ1) is 22.5. The van der Waals surface area contributed by atoms with Crippen LogP contribution in [0, 0.1) is 5.92 Å². The average Bonchev–Trinajstić information content (AvgIpc) is 3.18. The van der Waals surface area contributed by atoms with Crippen molar-refractivity contribution in [2.24, 2.45) is 5.92 Å². The molecular weight excluding hydrogens is 390 g/mol. The molecule has 0 spiro atoms. The molecule has 1 aliphatic heterocycles. The molecule has 2 unspecified atom stereocenters. The number of carbonyl (C=O) groups excluding carboxylic acids is 3. The number of nitrogens with one attached hydrogen (secondary N) is 2. The molecule has 2 aromatic rings. The lowest BCUT2D eigenvalue weighted by Gasteiger charge is -2.25. The summed E-state index contributed by atoms with van der Waals surface area (Å²) in [4.78, 5) is 39.0. The molecule has 1 aliphatic rings. The van der Waals surface area contributed by atoms with Gasteiger partial charge in [-0.25, -0.2) is 0 Å². The van der Waals surface area contributed by atoms with Crippen molar-refractivity contribution >= 4 is 17.7 Å². The summed E-state index contributed by atoms with van der Waals surface area (Å²) >= 11 is 0. The molecule has 2 N–H and O–H groups in total. The zero-order valence-electron chi connectivity index (χ0n) is 18.4. The van der Waals surface area contributed by atoms with Gasteiger partial charge in [-0.1, -0.05) is 56.3 Å². The van der Waals surface area contributed by atoms with Crippen LogP contribution in [0.2, 0.25) is 0 Å². The number of nitrogens with zero attached hydrogens (tertiary/aromatic N) is 1. The van der Waals surface area contributed by atoms with Crippen LogP contribution in [0.1, 0.15) is 60.6 Å². The van der Waals surface area contributed by atoms with E-state index >= 15 is 0 Å². The third-order valence-electron chi connectivity index (χ3n) is 5.83. The summed E-state index contributed by atoms with van der Waals surface area (Å²) in [7, 11) is 0. The highest BCUT2D eigenvalue weighted by Gasteiger charge is 2.36. The monoisotopic (exact) mass is 421 g/mol. The molecule has 0 aliphatic carbocycles. The molecule has 0 aromatic heterocycles. The Hall–Kier alpha value is -3.15. The van der Waals surface area contributed by atoms with Gasteiger partial charge in [0.25, 0.3) is 5.91 Å². The first-order chi connectivity index (χ1) is 14.9. The van der Waals surface area contributed by atoms with Crippen molar-refractivity contribution in [3.63, 3.8) is 0 Å². The second-order valence-electron chi connectivity index (χ2n) is 8.36. The maximum absolute atomic E-state index is 12.5. The predicted molar refractivity (Wildman–Crippen MR) is 121 cm³/mol. The highest BCUT2D eigenvalue weighted by Crippen LogP contribution is 2.28. The van der Waals surface area contributed by atoms with Gasteiger partial charge < -0.3 is 15.5 Å². The average molecular weight is 422 g/mol. The molecule has 2 atom stereocenters. The van der Waals surface area contributed by atoms with Gasteiger partial charge in [0.05, 0.1) is 12.0 Å². The minimum atomic E-state index is -0.363. The largest absolute Gasteiger partial charge is 0.354 e. The summed E-state index contributed by atoms with van der Waals surface area (Å²) in [5.74, 6) is -0.260. The highest BCUT2D eigenvalue weighted by atomic mass is 16.2. The second kappa shape index (κ2) is 10.2. The highest BCUT2D eigenvalue weighted by molar-refractivity contribution is 5.94. The zero-order valence-corrected chi connectivity index (χ0v) is 18.4. The summed E-state index contributed by atoms with van der Waals surface area (Å²) in [6, 6.07) is 17.3. The normalized spacial score (nSPS) is 17.0. The van der Waals surface area contributed by atoms with Gasteiger partial charge in [-0.2, -0.15) is 0 Å². The van der Waals surface area contributed by atoms with Crippen LogP contribution in [0.5, 0.6) is 0 Å². The Kier molecular flexibility index (Phi) is 7.45. The van der Waals surface area contributed by atoms with Crippen LogP contribution in [0.3, 0.4) is 0 Å². The molecule has 3 amide bonds. The summed E-state index contributed by atoms with van der Waals surface area (Å²) in [6.07, 6.45) is 0.220. The number of rotatable bonds is 8. The van der Waals surface area contributed by atoms with Crippen molar-refractivity contribution in [3.05, 3.63) is 71.3 Å². The van der Waals surface area contributed by atoms with Crippen molar-refractivity contribution in [1.29, 1.82) is 0 Å². The van der Waals surface area contributed by atoms with E-state index in [4.69, 9.17) is 0 Å². The lowest BCUT2D eigenvalue weighted by Crippen LogP contribution is -2.38. The van der Waals surface area contributed by atoms with E-state index in [1.807, 2.05) is 61.5 Å². The van der Waals surface area contributed by atoms with Crippen molar-refractivity contribution in [3.8, 4) is 0 Å². The van der Waals surface area contributed by atoms with Crippen LogP contribution in [-0.2, 0) is 9.59 Å². The number of hydrogen-bond donors (Lipinski definition) is 2. The first-order valence-corrected chi connectivity index (χ1v) is 10.9. The van der Waals surface area contributed by atoms with E-state index in [0.29, 0.717) is 31.1 Å². The molecule has 0 bridgehead atoms. The third-order valence-corrected chi connectivity index (χ3v) is 5.83. The van der Waals surface area contributed by atoms with Gasteiger partial charge in [-0.15, -0.1) is 0 Å². The van der Waals surface area contributed by atoms with E-state index in [-0.39, 0.29) is 36.1 Å².